The second-order valence-corrected chi connectivity index (χ2v) is 8.30. The number of carbonyl (C=O) groups excluding carboxylic acids is 2. The largest absolute Gasteiger partial charge is 0.497 e. The Labute approximate surface area is 209 Å². The average molecular weight is 486 g/mol. The zero-order valence-electron chi connectivity index (χ0n) is 20.5. The molecule has 4 aromatic rings. The summed E-state index contributed by atoms with van der Waals surface area (Å²) < 4.78 is 16.8. The van der Waals surface area contributed by atoms with Crippen LogP contribution in [0.2, 0.25) is 0 Å². The zero-order valence-corrected chi connectivity index (χ0v) is 20.5. The molecule has 0 saturated carbocycles. The van der Waals surface area contributed by atoms with E-state index in [9.17, 15) is 9.59 Å². The maximum atomic E-state index is 13.4. The van der Waals surface area contributed by atoms with Crippen LogP contribution in [0.3, 0.4) is 0 Å². The molecule has 2 amide bonds. The fourth-order valence-corrected chi connectivity index (χ4v) is 3.46. The summed E-state index contributed by atoms with van der Waals surface area (Å²) >= 11 is 0. The molecular weight excluding hydrogens is 458 g/mol. The number of nitrogens with one attached hydrogen (secondary N) is 2. The van der Waals surface area contributed by atoms with Gasteiger partial charge in [-0.3, -0.25) is 9.59 Å². The molecule has 0 unspecified atom stereocenters. The molecule has 1 aromatic heterocycles. The fraction of sp³-hybridized carbons (Fsp3) is 0.179. The molecule has 0 atom stereocenters. The van der Waals surface area contributed by atoms with Gasteiger partial charge >= 0.3 is 0 Å². The van der Waals surface area contributed by atoms with Gasteiger partial charge < -0.3 is 24.5 Å². The first kappa shape index (κ1) is 24.5. The van der Waals surface area contributed by atoms with Gasteiger partial charge in [-0.1, -0.05) is 32.0 Å². The summed E-state index contributed by atoms with van der Waals surface area (Å²) in [5.74, 6) is 0.954. The Hall–Kier alpha value is -4.59. The summed E-state index contributed by atoms with van der Waals surface area (Å²) in [5.41, 5.74) is 2.56. The van der Waals surface area contributed by atoms with Gasteiger partial charge in [-0.25, -0.2) is 4.98 Å². The van der Waals surface area contributed by atoms with Crippen LogP contribution >= 0.6 is 0 Å². The van der Waals surface area contributed by atoms with Crippen molar-refractivity contribution in [1.29, 1.82) is 0 Å². The third kappa shape index (κ3) is 5.38. The van der Waals surface area contributed by atoms with E-state index < -0.39 is 5.91 Å². The van der Waals surface area contributed by atoms with Gasteiger partial charge in [-0.2, -0.15) is 0 Å². The number of benzene rings is 3. The Bertz CT molecular complexity index is 1360. The second kappa shape index (κ2) is 10.8. The Morgan fingerprint density at radius 3 is 2.22 bits per heavy atom. The summed E-state index contributed by atoms with van der Waals surface area (Å²) in [4.78, 5) is 30.0. The molecule has 1 heterocycles. The fourth-order valence-electron chi connectivity index (χ4n) is 3.46. The van der Waals surface area contributed by atoms with Crippen LogP contribution in [0.25, 0.3) is 22.8 Å². The van der Waals surface area contributed by atoms with Crippen LogP contribution in [-0.2, 0) is 4.79 Å². The Balaban J connectivity index is 1.71. The molecule has 0 fully saturated rings. The maximum absolute atomic E-state index is 13.4. The molecule has 8 nitrogen and oxygen atoms in total. The lowest BCUT2D eigenvalue weighted by Gasteiger charge is -2.11. The lowest BCUT2D eigenvalue weighted by molar-refractivity contribution is -0.118. The summed E-state index contributed by atoms with van der Waals surface area (Å²) in [6.45, 7) is 3.65. The number of hydrogen-bond donors (Lipinski definition) is 2. The predicted octanol–water partition coefficient (Wildman–Crippen LogP) is 5.87. The highest BCUT2D eigenvalue weighted by Gasteiger charge is 2.23. The molecule has 8 heteroatoms. The van der Waals surface area contributed by atoms with Crippen molar-refractivity contribution in [3.63, 3.8) is 0 Å². The van der Waals surface area contributed by atoms with E-state index in [1.165, 1.54) is 7.11 Å². The number of ether oxygens (including phenoxy) is 2. The third-order valence-corrected chi connectivity index (χ3v) is 5.46. The molecule has 0 aliphatic heterocycles. The SMILES string of the molecule is COc1ccc(OC)c(NC(=O)c2nc(-c3ccccc3)oc2-c2ccc(NC(=O)C(C)C)cc2)c1. The smallest absolute Gasteiger partial charge is 0.278 e. The van der Waals surface area contributed by atoms with Gasteiger partial charge in [-0.15, -0.1) is 0 Å². The van der Waals surface area contributed by atoms with Crippen LogP contribution in [0.4, 0.5) is 11.4 Å². The second-order valence-electron chi connectivity index (χ2n) is 8.30. The number of anilines is 2. The molecular formula is C28H27N3O5. The van der Waals surface area contributed by atoms with E-state index in [0.29, 0.717) is 40.1 Å². The molecule has 4 rings (SSSR count). The van der Waals surface area contributed by atoms with Crippen LogP contribution in [0.5, 0.6) is 11.5 Å². The molecule has 36 heavy (non-hydrogen) atoms. The molecule has 0 aliphatic carbocycles. The standard InChI is InChI=1S/C28H27N3O5/c1-17(2)26(32)29-20-12-10-18(11-13-20)25-24(31-28(36-25)19-8-6-5-7-9-19)27(33)30-22-16-21(34-3)14-15-23(22)35-4/h5-17H,1-4H3,(H,29,32)(H,30,33). The minimum Gasteiger partial charge on any atom is -0.497 e. The summed E-state index contributed by atoms with van der Waals surface area (Å²) in [6, 6.07) is 21.5. The molecule has 0 saturated heterocycles. The van der Waals surface area contributed by atoms with Crippen LogP contribution in [0, 0.1) is 5.92 Å². The van der Waals surface area contributed by atoms with Crippen LogP contribution < -0.4 is 20.1 Å². The highest BCUT2D eigenvalue weighted by atomic mass is 16.5. The van der Waals surface area contributed by atoms with E-state index in [-0.39, 0.29) is 17.5 Å². The predicted molar refractivity (Wildman–Crippen MR) is 138 cm³/mol. The molecule has 2 N–H and O–H groups in total. The Morgan fingerprint density at radius 1 is 0.861 bits per heavy atom. The van der Waals surface area contributed by atoms with Crippen molar-refractivity contribution >= 4 is 23.2 Å². The highest BCUT2D eigenvalue weighted by molar-refractivity contribution is 6.07. The van der Waals surface area contributed by atoms with Crippen LogP contribution in [-0.4, -0.2) is 31.0 Å². The van der Waals surface area contributed by atoms with Crippen molar-refractivity contribution in [3.8, 4) is 34.3 Å². The number of aromatic nitrogens is 1. The Kier molecular flexibility index (Phi) is 7.34. The monoisotopic (exact) mass is 485 g/mol. The third-order valence-electron chi connectivity index (χ3n) is 5.46. The lowest BCUT2D eigenvalue weighted by Crippen LogP contribution is -2.17. The first-order valence-electron chi connectivity index (χ1n) is 11.4. The molecule has 3 aromatic carbocycles. The van der Waals surface area contributed by atoms with E-state index in [4.69, 9.17) is 13.9 Å². The van der Waals surface area contributed by atoms with Gasteiger partial charge in [0.25, 0.3) is 5.91 Å². The quantitative estimate of drug-likeness (QED) is 0.323. The number of oxazole rings is 1. The van der Waals surface area contributed by atoms with E-state index in [0.717, 1.165) is 5.56 Å². The normalized spacial score (nSPS) is 10.7. The number of carbonyl (C=O) groups is 2. The number of amides is 2. The Morgan fingerprint density at radius 2 is 1.58 bits per heavy atom. The minimum absolute atomic E-state index is 0.0823. The van der Waals surface area contributed by atoms with Gasteiger partial charge in [0.05, 0.1) is 19.9 Å². The van der Waals surface area contributed by atoms with Crippen molar-refractivity contribution < 1.29 is 23.5 Å². The first-order valence-corrected chi connectivity index (χ1v) is 11.4. The van der Waals surface area contributed by atoms with Gasteiger partial charge in [-0.05, 0) is 48.5 Å². The van der Waals surface area contributed by atoms with Crippen LogP contribution in [0.15, 0.2) is 77.2 Å². The van der Waals surface area contributed by atoms with E-state index >= 15 is 0 Å². The van der Waals surface area contributed by atoms with E-state index in [1.54, 1.807) is 49.6 Å². The topological polar surface area (TPSA) is 103 Å². The van der Waals surface area contributed by atoms with Crippen molar-refractivity contribution in [3.05, 3.63) is 78.5 Å². The lowest BCUT2D eigenvalue weighted by atomic mass is 10.1. The summed E-state index contributed by atoms with van der Waals surface area (Å²) in [6.07, 6.45) is 0. The summed E-state index contributed by atoms with van der Waals surface area (Å²) in [5, 5.41) is 5.71. The first-order chi connectivity index (χ1) is 17.4. The minimum atomic E-state index is -0.473. The van der Waals surface area contributed by atoms with Gasteiger partial charge in [0.2, 0.25) is 11.8 Å². The maximum Gasteiger partial charge on any atom is 0.278 e. The average Bonchev–Trinajstić information content (AvgIpc) is 3.35. The molecule has 0 aliphatic rings. The molecule has 0 spiro atoms. The number of nitrogens with zero attached hydrogens (tertiary/aromatic N) is 1. The molecule has 184 valence electrons. The van der Waals surface area contributed by atoms with Gasteiger partial charge in [0, 0.05) is 28.8 Å². The van der Waals surface area contributed by atoms with E-state index in [2.05, 4.69) is 15.6 Å². The molecule has 0 bridgehead atoms. The van der Waals surface area contributed by atoms with Gasteiger partial charge in [0.1, 0.15) is 11.5 Å². The van der Waals surface area contributed by atoms with Crippen molar-refractivity contribution in [1.82, 2.24) is 4.98 Å². The van der Waals surface area contributed by atoms with Crippen molar-refractivity contribution in [2.24, 2.45) is 5.92 Å². The van der Waals surface area contributed by atoms with Crippen molar-refractivity contribution in [2.75, 3.05) is 24.9 Å². The van der Waals surface area contributed by atoms with Crippen LogP contribution in [0.1, 0.15) is 24.3 Å². The van der Waals surface area contributed by atoms with E-state index in [1.807, 2.05) is 44.2 Å². The number of methoxy groups -OCH3 is 2. The van der Waals surface area contributed by atoms with Crippen molar-refractivity contribution in [2.45, 2.75) is 13.8 Å². The summed E-state index contributed by atoms with van der Waals surface area (Å²) in [7, 11) is 3.06. The number of rotatable bonds is 8. The van der Waals surface area contributed by atoms with Gasteiger partial charge in [0.15, 0.2) is 11.5 Å². The number of hydrogen-bond acceptors (Lipinski definition) is 6. The highest BCUT2D eigenvalue weighted by Crippen LogP contribution is 2.33. The molecule has 0 radical (unpaired) electrons. The zero-order chi connectivity index (χ0) is 25.7.